The van der Waals surface area contributed by atoms with Gasteiger partial charge in [-0.15, -0.1) is 0 Å². The lowest BCUT2D eigenvalue weighted by Gasteiger charge is -2.32. The van der Waals surface area contributed by atoms with Crippen LogP contribution in [0.25, 0.3) is 0 Å². The van der Waals surface area contributed by atoms with Crippen LogP contribution in [0.4, 0.5) is 5.69 Å². The Labute approximate surface area is 128 Å². The van der Waals surface area contributed by atoms with E-state index in [9.17, 15) is 4.79 Å². The van der Waals surface area contributed by atoms with Gasteiger partial charge in [0, 0.05) is 11.7 Å². The van der Waals surface area contributed by atoms with Crippen molar-refractivity contribution < 1.29 is 9.53 Å². The maximum atomic E-state index is 11.8. The van der Waals surface area contributed by atoms with Crippen molar-refractivity contribution >= 4 is 11.7 Å². The number of esters is 1. The first-order valence-electron chi connectivity index (χ1n) is 8.17. The van der Waals surface area contributed by atoms with Gasteiger partial charge < -0.3 is 10.1 Å². The number of hydrogen-bond donors (Lipinski definition) is 1. The molecule has 2 atom stereocenters. The van der Waals surface area contributed by atoms with Crippen molar-refractivity contribution in [3.8, 4) is 0 Å². The highest BCUT2D eigenvalue weighted by Gasteiger charge is 2.23. The van der Waals surface area contributed by atoms with Crippen LogP contribution in [-0.2, 0) is 4.74 Å². The molecule has 0 radical (unpaired) electrons. The number of benzene rings is 1. The van der Waals surface area contributed by atoms with Crippen LogP contribution in [0.15, 0.2) is 24.3 Å². The molecule has 0 amide bonds. The smallest absolute Gasteiger partial charge is 0.338 e. The Balaban J connectivity index is 1.97. The monoisotopic (exact) mass is 289 g/mol. The van der Waals surface area contributed by atoms with E-state index in [2.05, 4.69) is 12.2 Å². The molecule has 0 aliphatic heterocycles. The number of nitrogens with one attached hydrogen (secondary N) is 1. The molecule has 21 heavy (non-hydrogen) atoms. The molecular formula is C18H27NO2. The largest absolute Gasteiger partial charge is 0.459 e. The molecule has 2 unspecified atom stereocenters. The van der Waals surface area contributed by atoms with Crippen molar-refractivity contribution in [2.24, 2.45) is 5.92 Å². The van der Waals surface area contributed by atoms with Crippen molar-refractivity contribution in [1.29, 1.82) is 0 Å². The van der Waals surface area contributed by atoms with E-state index in [4.69, 9.17) is 4.74 Å². The summed E-state index contributed by atoms with van der Waals surface area (Å²) < 4.78 is 5.20. The summed E-state index contributed by atoms with van der Waals surface area (Å²) in [5.41, 5.74) is 1.71. The Morgan fingerprint density at radius 1 is 1.24 bits per heavy atom. The second kappa shape index (κ2) is 7.48. The number of carbonyl (C=O) groups excluding carboxylic acids is 1. The summed E-state index contributed by atoms with van der Waals surface area (Å²) in [6.45, 7) is 6.00. The molecule has 1 fully saturated rings. The van der Waals surface area contributed by atoms with E-state index in [-0.39, 0.29) is 12.1 Å². The van der Waals surface area contributed by atoms with E-state index in [1.165, 1.54) is 32.1 Å². The summed E-state index contributed by atoms with van der Waals surface area (Å²) in [6, 6.07) is 8.22. The van der Waals surface area contributed by atoms with Crippen LogP contribution in [0.5, 0.6) is 0 Å². The molecule has 1 N–H and O–H groups in total. The maximum Gasteiger partial charge on any atom is 0.338 e. The third kappa shape index (κ3) is 4.48. The van der Waals surface area contributed by atoms with E-state index in [0.717, 1.165) is 11.6 Å². The molecule has 0 bridgehead atoms. The van der Waals surface area contributed by atoms with Crippen molar-refractivity contribution in [2.45, 2.75) is 65.0 Å². The van der Waals surface area contributed by atoms with Crippen LogP contribution in [0.2, 0.25) is 0 Å². The van der Waals surface area contributed by atoms with Crippen molar-refractivity contribution in [1.82, 2.24) is 0 Å². The Morgan fingerprint density at radius 2 is 1.90 bits per heavy atom. The lowest BCUT2D eigenvalue weighted by molar-refractivity contribution is 0.0378. The molecule has 116 valence electrons. The summed E-state index contributed by atoms with van der Waals surface area (Å²) in [4.78, 5) is 11.8. The SMILES string of the molecule is CCC1CCCCC1Nc1ccc(C(=O)OC(C)C)cc1. The molecule has 3 heteroatoms. The molecule has 1 saturated carbocycles. The predicted octanol–water partition coefficient (Wildman–Crippen LogP) is 4.63. The van der Waals surface area contributed by atoms with Gasteiger partial charge in [-0.05, 0) is 56.9 Å². The van der Waals surface area contributed by atoms with Crippen LogP contribution in [0, 0.1) is 5.92 Å². The molecule has 1 aliphatic rings. The lowest BCUT2D eigenvalue weighted by atomic mass is 9.83. The summed E-state index contributed by atoms with van der Waals surface area (Å²) >= 11 is 0. The van der Waals surface area contributed by atoms with Gasteiger partial charge in [0.1, 0.15) is 0 Å². The highest BCUT2D eigenvalue weighted by atomic mass is 16.5. The molecule has 2 rings (SSSR count). The summed E-state index contributed by atoms with van der Waals surface area (Å²) in [5, 5.41) is 3.64. The van der Waals surface area contributed by atoms with Crippen LogP contribution in [0.3, 0.4) is 0 Å². The Hall–Kier alpha value is -1.51. The van der Waals surface area contributed by atoms with Gasteiger partial charge in [0.2, 0.25) is 0 Å². The van der Waals surface area contributed by atoms with Crippen LogP contribution < -0.4 is 5.32 Å². The molecule has 1 aliphatic carbocycles. The number of hydrogen-bond acceptors (Lipinski definition) is 3. The third-order valence-corrected chi connectivity index (χ3v) is 4.25. The van der Waals surface area contributed by atoms with E-state index in [0.29, 0.717) is 11.6 Å². The van der Waals surface area contributed by atoms with E-state index in [1.807, 2.05) is 38.1 Å². The number of ether oxygens (including phenoxy) is 1. The average molecular weight is 289 g/mol. The number of anilines is 1. The van der Waals surface area contributed by atoms with Crippen molar-refractivity contribution in [3.05, 3.63) is 29.8 Å². The Bertz CT molecular complexity index is 453. The topological polar surface area (TPSA) is 38.3 Å². The van der Waals surface area contributed by atoms with Gasteiger partial charge in [-0.25, -0.2) is 4.79 Å². The molecule has 0 saturated heterocycles. The normalized spacial score (nSPS) is 22.1. The summed E-state index contributed by atoms with van der Waals surface area (Å²) in [6.07, 6.45) is 6.39. The van der Waals surface area contributed by atoms with Crippen LogP contribution >= 0.6 is 0 Å². The summed E-state index contributed by atoms with van der Waals surface area (Å²) in [5.74, 6) is 0.519. The van der Waals surface area contributed by atoms with Gasteiger partial charge in [0.25, 0.3) is 0 Å². The highest BCUT2D eigenvalue weighted by Crippen LogP contribution is 2.29. The highest BCUT2D eigenvalue weighted by molar-refractivity contribution is 5.89. The quantitative estimate of drug-likeness (QED) is 0.803. The van der Waals surface area contributed by atoms with Gasteiger partial charge >= 0.3 is 5.97 Å². The first kappa shape index (κ1) is 15.9. The van der Waals surface area contributed by atoms with Crippen molar-refractivity contribution in [2.75, 3.05) is 5.32 Å². The molecule has 0 spiro atoms. The van der Waals surface area contributed by atoms with Gasteiger partial charge in [0.05, 0.1) is 11.7 Å². The van der Waals surface area contributed by atoms with E-state index in [1.54, 1.807) is 0 Å². The van der Waals surface area contributed by atoms with Gasteiger partial charge in [-0.2, -0.15) is 0 Å². The molecule has 0 heterocycles. The second-order valence-corrected chi connectivity index (χ2v) is 6.24. The van der Waals surface area contributed by atoms with Gasteiger partial charge in [0.15, 0.2) is 0 Å². The van der Waals surface area contributed by atoms with Crippen LogP contribution in [-0.4, -0.2) is 18.1 Å². The lowest BCUT2D eigenvalue weighted by Crippen LogP contribution is -2.31. The molecule has 1 aromatic rings. The maximum absolute atomic E-state index is 11.8. The first-order chi connectivity index (χ1) is 10.1. The zero-order valence-corrected chi connectivity index (χ0v) is 13.4. The predicted molar refractivity (Wildman–Crippen MR) is 86.7 cm³/mol. The van der Waals surface area contributed by atoms with E-state index < -0.39 is 0 Å². The third-order valence-electron chi connectivity index (χ3n) is 4.25. The minimum atomic E-state index is -0.249. The zero-order chi connectivity index (χ0) is 15.2. The van der Waals surface area contributed by atoms with E-state index >= 15 is 0 Å². The standard InChI is InChI=1S/C18H27NO2/c1-4-14-7-5-6-8-17(14)19-16-11-9-15(10-12-16)18(20)21-13(2)3/h9-14,17,19H,4-8H2,1-3H3. The molecule has 1 aromatic carbocycles. The Kier molecular flexibility index (Phi) is 5.66. The Morgan fingerprint density at radius 3 is 2.52 bits per heavy atom. The number of carbonyl (C=O) groups is 1. The average Bonchev–Trinajstić information content (AvgIpc) is 2.48. The fourth-order valence-electron chi connectivity index (χ4n) is 3.09. The van der Waals surface area contributed by atoms with Crippen LogP contribution in [0.1, 0.15) is 63.2 Å². The molecule has 0 aromatic heterocycles. The fourth-order valence-corrected chi connectivity index (χ4v) is 3.09. The minimum absolute atomic E-state index is 0.0807. The van der Waals surface area contributed by atoms with Gasteiger partial charge in [-0.1, -0.05) is 26.2 Å². The molecule has 3 nitrogen and oxygen atoms in total. The minimum Gasteiger partial charge on any atom is -0.459 e. The second-order valence-electron chi connectivity index (χ2n) is 6.24. The molecular weight excluding hydrogens is 262 g/mol. The van der Waals surface area contributed by atoms with Gasteiger partial charge in [-0.3, -0.25) is 0 Å². The van der Waals surface area contributed by atoms with Crippen molar-refractivity contribution in [3.63, 3.8) is 0 Å². The zero-order valence-electron chi connectivity index (χ0n) is 13.4. The first-order valence-corrected chi connectivity index (χ1v) is 8.17. The number of rotatable bonds is 5. The summed E-state index contributed by atoms with van der Waals surface area (Å²) in [7, 11) is 0. The fraction of sp³-hybridized carbons (Fsp3) is 0.611.